The molecule has 2 N–H and O–H groups in total. The predicted molar refractivity (Wildman–Crippen MR) is 65.3 cm³/mol. The lowest BCUT2D eigenvalue weighted by Gasteiger charge is -2.19. The molecule has 0 aromatic heterocycles. The molecule has 5 heteroatoms. The number of fused-ring (bicyclic) bond motifs is 1. The Morgan fingerprint density at radius 1 is 1.44 bits per heavy atom. The molecule has 0 saturated carbocycles. The molecule has 2 aliphatic heterocycles. The molecule has 0 spiro atoms. The number of aliphatic imine (C=N–C) groups is 1. The third kappa shape index (κ3) is 1.63. The first-order valence-electron chi connectivity index (χ1n) is 5.82. The lowest BCUT2D eigenvalue weighted by molar-refractivity contribution is -0.123. The molecule has 0 fully saturated rings. The molecule has 1 aromatic rings. The van der Waals surface area contributed by atoms with E-state index in [0.717, 1.165) is 17.7 Å². The predicted octanol–water partition coefficient (Wildman–Crippen LogP) is 1.31. The Bertz CT molecular complexity index is 563. The molecule has 3 rings (SSSR count). The normalized spacial score (nSPS) is 24.2. The van der Waals surface area contributed by atoms with Gasteiger partial charge in [-0.2, -0.15) is 4.99 Å². The van der Waals surface area contributed by atoms with Crippen LogP contribution in [-0.2, 0) is 16.0 Å². The van der Waals surface area contributed by atoms with Gasteiger partial charge in [0, 0.05) is 12.0 Å². The highest BCUT2D eigenvalue weighted by Crippen LogP contribution is 2.41. The van der Waals surface area contributed by atoms with Crippen molar-refractivity contribution in [1.29, 1.82) is 0 Å². The van der Waals surface area contributed by atoms with E-state index in [-0.39, 0.29) is 17.5 Å². The molecule has 0 saturated heterocycles. The molecule has 1 amide bonds. The van der Waals surface area contributed by atoms with Gasteiger partial charge in [-0.15, -0.1) is 0 Å². The molecule has 94 valence electrons. The topological polar surface area (TPSA) is 73.9 Å². The van der Waals surface area contributed by atoms with Gasteiger partial charge in [0.05, 0.1) is 0 Å². The first-order valence-corrected chi connectivity index (χ1v) is 5.82. The highest BCUT2D eigenvalue weighted by Gasteiger charge is 2.38. The monoisotopic (exact) mass is 246 g/mol. The minimum absolute atomic E-state index is 0.0835. The number of rotatable bonds is 1. The maximum absolute atomic E-state index is 11.7. The number of para-hydroxylation sites is 1. The summed E-state index contributed by atoms with van der Waals surface area (Å²) in [6.07, 6.45) is 0.0433. The lowest BCUT2D eigenvalue weighted by Crippen LogP contribution is -2.25. The van der Waals surface area contributed by atoms with Gasteiger partial charge < -0.3 is 15.2 Å². The lowest BCUT2D eigenvalue weighted by atomic mass is 9.99. The van der Waals surface area contributed by atoms with Crippen molar-refractivity contribution in [2.75, 3.05) is 0 Å². The van der Waals surface area contributed by atoms with E-state index >= 15 is 0 Å². The Labute approximate surface area is 105 Å². The van der Waals surface area contributed by atoms with Gasteiger partial charge in [0.1, 0.15) is 11.4 Å². The number of carbonyl (C=O) groups is 1. The van der Waals surface area contributed by atoms with E-state index < -0.39 is 6.10 Å². The largest absolute Gasteiger partial charge is 0.487 e. The summed E-state index contributed by atoms with van der Waals surface area (Å²) in [6, 6.07) is 5.62. The minimum atomic E-state index is -0.770. The van der Waals surface area contributed by atoms with Crippen molar-refractivity contribution in [1.82, 2.24) is 0 Å². The van der Waals surface area contributed by atoms with Crippen molar-refractivity contribution in [2.24, 2.45) is 10.7 Å². The van der Waals surface area contributed by atoms with Crippen LogP contribution in [0.4, 0.5) is 0 Å². The maximum Gasteiger partial charge on any atom is 0.296 e. The molecule has 0 aliphatic carbocycles. The van der Waals surface area contributed by atoms with E-state index in [2.05, 4.69) is 4.99 Å². The van der Waals surface area contributed by atoms with Crippen LogP contribution in [0.3, 0.4) is 0 Å². The summed E-state index contributed by atoms with van der Waals surface area (Å²) in [5.41, 5.74) is 6.94. The van der Waals surface area contributed by atoms with E-state index in [4.69, 9.17) is 15.2 Å². The zero-order chi connectivity index (χ0) is 12.9. The molecule has 1 unspecified atom stereocenters. The molecule has 2 heterocycles. The van der Waals surface area contributed by atoms with Crippen LogP contribution >= 0.6 is 0 Å². The number of amides is 1. The third-order valence-electron chi connectivity index (χ3n) is 3.09. The molecule has 1 aromatic carbocycles. The number of nitrogens with zero attached hydrogens (tertiary/aromatic N) is 1. The van der Waals surface area contributed by atoms with Crippen molar-refractivity contribution < 1.29 is 14.3 Å². The number of nitrogens with two attached hydrogens (primary N) is 1. The fourth-order valence-corrected chi connectivity index (χ4v) is 2.41. The van der Waals surface area contributed by atoms with Gasteiger partial charge in [-0.25, -0.2) is 0 Å². The minimum Gasteiger partial charge on any atom is -0.487 e. The second kappa shape index (κ2) is 3.48. The standard InChI is InChI=1S/C13H14N2O3/c1-13(2)6-7-4-3-5-8(9(7)18-13)10-11(16)15-12(14)17-10/h3-5,10H,6H2,1-2H3,(H2,14,15,16). The fraction of sp³-hybridized carbons (Fsp3) is 0.385. The van der Waals surface area contributed by atoms with Crippen LogP contribution in [0.25, 0.3) is 0 Å². The van der Waals surface area contributed by atoms with Gasteiger partial charge >= 0.3 is 0 Å². The van der Waals surface area contributed by atoms with Crippen LogP contribution in [0, 0.1) is 0 Å². The van der Waals surface area contributed by atoms with Crippen LogP contribution in [0.1, 0.15) is 31.1 Å². The van der Waals surface area contributed by atoms with Crippen LogP contribution in [0.15, 0.2) is 23.2 Å². The number of hydrogen-bond acceptors (Lipinski definition) is 4. The van der Waals surface area contributed by atoms with E-state index in [0.29, 0.717) is 5.56 Å². The van der Waals surface area contributed by atoms with Crippen LogP contribution in [0.2, 0.25) is 0 Å². The summed E-state index contributed by atoms with van der Waals surface area (Å²) in [4.78, 5) is 15.3. The SMILES string of the molecule is CC1(C)Cc2cccc(C3OC(N)=NC3=O)c2O1. The Morgan fingerprint density at radius 3 is 2.89 bits per heavy atom. The summed E-state index contributed by atoms with van der Waals surface area (Å²) >= 11 is 0. The first-order chi connectivity index (χ1) is 8.46. The van der Waals surface area contributed by atoms with Crippen LogP contribution in [-0.4, -0.2) is 17.5 Å². The van der Waals surface area contributed by atoms with Crippen molar-refractivity contribution in [2.45, 2.75) is 32.0 Å². The molecule has 5 nitrogen and oxygen atoms in total. The highest BCUT2D eigenvalue weighted by molar-refractivity contribution is 5.98. The van der Waals surface area contributed by atoms with E-state index in [1.54, 1.807) is 0 Å². The summed E-state index contributed by atoms with van der Waals surface area (Å²) in [5.74, 6) is 0.347. The maximum atomic E-state index is 11.7. The van der Waals surface area contributed by atoms with Gasteiger partial charge in [0.2, 0.25) is 6.10 Å². The Morgan fingerprint density at radius 2 is 2.22 bits per heavy atom. The Kier molecular flexibility index (Phi) is 2.14. The van der Waals surface area contributed by atoms with E-state index in [1.807, 2.05) is 32.0 Å². The average molecular weight is 246 g/mol. The number of hydrogen-bond donors (Lipinski definition) is 1. The van der Waals surface area contributed by atoms with Crippen molar-refractivity contribution in [3.63, 3.8) is 0 Å². The average Bonchev–Trinajstić information content (AvgIpc) is 2.75. The molecule has 18 heavy (non-hydrogen) atoms. The summed E-state index contributed by atoms with van der Waals surface area (Å²) < 4.78 is 11.1. The fourth-order valence-electron chi connectivity index (χ4n) is 2.41. The molecular formula is C13H14N2O3. The van der Waals surface area contributed by atoms with Gasteiger partial charge in [-0.05, 0) is 19.4 Å². The van der Waals surface area contributed by atoms with E-state index in [9.17, 15) is 4.79 Å². The Balaban J connectivity index is 2.02. The summed E-state index contributed by atoms with van der Waals surface area (Å²) in [6.45, 7) is 4.03. The second-order valence-corrected chi connectivity index (χ2v) is 5.16. The smallest absolute Gasteiger partial charge is 0.296 e. The summed E-state index contributed by atoms with van der Waals surface area (Å²) in [7, 11) is 0. The third-order valence-corrected chi connectivity index (χ3v) is 3.09. The zero-order valence-corrected chi connectivity index (χ0v) is 10.3. The molecule has 1 atom stereocenters. The number of ether oxygens (including phenoxy) is 2. The van der Waals surface area contributed by atoms with Crippen molar-refractivity contribution in [3.8, 4) is 5.75 Å². The Hall–Kier alpha value is -2.04. The quantitative estimate of drug-likeness (QED) is 0.810. The van der Waals surface area contributed by atoms with Gasteiger partial charge in [0.25, 0.3) is 11.9 Å². The van der Waals surface area contributed by atoms with E-state index in [1.165, 1.54) is 0 Å². The zero-order valence-electron chi connectivity index (χ0n) is 10.3. The van der Waals surface area contributed by atoms with Crippen LogP contribution in [0.5, 0.6) is 5.75 Å². The van der Waals surface area contributed by atoms with Gasteiger partial charge in [0.15, 0.2) is 0 Å². The number of carbonyl (C=O) groups excluding carboxylic acids is 1. The molecule has 0 radical (unpaired) electrons. The van der Waals surface area contributed by atoms with Crippen LogP contribution < -0.4 is 10.5 Å². The van der Waals surface area contributed by atoms with Crippen molar-refractivity contribution >= 4 is 11.9 Å². The van der Waals surface area contributed by atoms with Crippen molar-refractivity contribution in [3.05, 3.63) is 29.3 Å². The first kappa shape index (κ1) is 11.1. The highest BCUT2D eigenvalue weighted by atomic mass is 16.5. The molecule has 0 bridgehead atoms. The summed E-state index contributed by atoms with van der Waals surface area (Å²) in [5, 5.41) is 0. The molecular weight excluding hydrogens is 232 g/mol. The van der Waals surface area contributed by atoms with Gasteiger partial charge in [-0.3, -0.25) is 4.79 Å². The number of benzene rings is 1. The second-order valence-electron chi connectivity index (χ2n) is 5.16. The number of amidine groups is 1. The van der Waals surface area contributed by atoms with Gasteiger partial charge in [-0.1, -0.05) is 18.2 Å². The molecule has 2 aliphatic rings.